The van der Waals surface area contributed by atoms with E-state index in [2.05, 4.69) is 10.6 Å². The first-order chi connectivity index (χ1) is 15.0. The number of carbonyl (C=O) groups is 5. The number of hydrogen-bond donors (Lipinski definition) is 3. The first-order valence-electron chi connectivity index (χ1n) is 10.2. The predicted molar refractivity (Wildman–Crippen MR) is 117 cm³/mol. The molecule has 9 nitrogen and oxygen atoms in total. The quantitative estimate of drug-likeness (QED) is 0.382. The fraction of sp³-hybridized carbons (Fsp3) is 0.476. The van der Waals surface area contributed by atoms with Crippen molar-refractivity contribution in [2.45, 2.75) is 45.2 Å². The maximum Gasteiger partial charge on any atom is 0.424 e. The zero-order valence-electron chi connectivity index (χ0n) is 17.8. The van der Waals surface area contributed by atoms with Crippen molar-refractivity contribution in [2.24, 2.45) is 5.92 Å². The van der Waals surface area contributed by atoms with Gasteiger partial charge in [-0.25, -0.2) is 9.59 Å². The Morgan fingerprint density at radius 3 is 2.28 bits per heavy atom. The molecule has 4 amide bonds. The fourth-order valence-electron chi connectivity index (χ4n) is 3.67. The zero-order valence-corrected chi connectivity index (χ0v) is 19.3. The third-order valence-electron chi connectivity index (χ3n) is 5.40. The minimum atomic E-state index is -1.26. The lowest BCUT2D eigenvalue weighted by molar-refractivity contribution is -0.761. The molecule has 3 N–H and O–H groups in total. The second kappa shape index (κ2) is 10.9. The summed E-state index contributed by atoms with van der Waals surface area (Å²) in [6, 6.07) is 1.33. The van der Waals surface area contributed by atoms with Gasteiger partial charge < -0.3 is 15.2 Å². The largest absolute Gasteiger partial charge is 0.481 e. The van der Waals surface area contributed by atoms with E-state index in [9.17, 15) is 24.0 Å². The van der Waals surface area contributed by atoms with Gasteiger partial charge in [-0.15, -0.1) is 0 Å². The van der Waals surface area contributed by atoms with Gasteiger partial charge in [0.05, 0.1) is 30.1 Å². The first kappa shape index (κ1) is 25.8. The van der Waals surface area contributed by atoms with Crippen molar-refractivity contribution in [3.05, 3.63) is 33.8 Å². The Kier molecular flexibility index (Phi) is 8.77. The van der Waals surface area contributed by atoms with Crippen molar-refractivity contribution in [3.8, 4) is 0 Å². The maximum absolute atomic E-state index is 13.6. The van der Waals surface area contributed by atoms with E-state index in [0.29, 0.717) is 24.2 Å². The van der Waals surface area contributed by atoms with Crippen LogP contribution in [0.5, 0.6) is 0 Å². The molecule has 0 aromatic heterocycles. The number of urea groups is 1. The van der Waals surface area contributed by atoms with Gasteiger partial charge in [0.2, 0.25) is 0 Å². The smallest absolute Gasteiger partial charge is 0.424 e. The first-order valence-corrected chi connectivity index (χ1v) is 10.9. The van der Waals surface area contributed by atoms with E-state index < -0.39 is 46.8 Å². The lowest BCUT2D eigenvalue weighted by Gasteiger charge is -2.33. The van der Waals surface area contributed by atoms with Crippen molar-refractivity contribution in [2.75, 3.05) is 13.1 Å². The molecule has 32 heavy (non-hydrogen) atoms. The van der Waals surface area contributed by atoms with Gasteiger partial charge in [-0.3, -0.25) is 14.9 Å². The number of nitrogens with zero attached hydrogens (tertiary/aromatic N) is 1. The number of carboxylic acids is 1. The molecule has 1 aromatic carbocycles. The Morgan fingerprint density at radius 1 is 1.12 bits per heavy atom. The van der Waals surface area contributed by atoms with Crippen molar-refractivity contribution >= 4 is 53.3 Å². The van der Waals surface area contributed by atoms with E-state index in [1.807, 2.05) is 0 Å². The average molecular weight is 487 g/mol. The van der Waals surface area contributed by atoms with Crippen molar-refractivity contribution in [1.29, 1.82) is 0 Å². The molecule has 2 atom stereocenters. The van der Waals surface area contributed by atoms with Crippen LogP contribution in [0.1, 0.15) is 43.5 Å². The van der Waals surface area contributed by atoms with Crippen LogP contribution in [0.2, 0.25) is 10.0 Å². The maximum atomic E-state index is 13.6. The number of aliphatic carboxylic acids is 1. The number of carbonyl (C=O) groups excluding carboxylic acids is 4. The molecule has 0 bridgehead atoms. The fourth-order valence-corrected chi connectivity index (χ4v) is 4.05. The van der Waals surface area contributed by atoms with Crippen LogP contribution in [-0.4, -0.2) is 64.9 Å². The summed E-state index contributed by atoms with van der Waals surface area (Å²) in [5, 5.41) is 14.4. The van der Waals surface area contributed by atoms with Gasteiger partial charge in [0.1, 0.15) is 18.4 Å². The highest BCUT2D eigenvalue weighted by Gasteiger charge is 2.51. The topological polar surface area (TPSA) is 130 Å². The van der Waals surface area contributed by atoms with Crippen LogP contribution in [0, 0.1) is 5.92 Å². The molecule has 1 aliphatic rings. The molecular weight excluding hydrogens is 461 g/mol. The number of likely N-dealkylation sites (tertiary alicyclic amines) is 1. The third-order valence-corrected chi connectivity index (χ3v) is 5.96. The number of aldehydes is 1. The molecule has 0 saturated carbocycles. The molecule has 0 spiro atoms. The zero-order chi connectivity index (χ0) is 24.1. The van der Waals surface area contributed by atoms with E-state index in [0.717, 1.165) is 0 Å². The number of rotatable bonds is 8. The Bertz CT molecular complexity index is 915. The van der Waals surface area contributed by atoms with Gasteiger partial charge in [-0.1, -0.05) is 37.0 Å². The molecule has 1 fully saturated rings. The minimum Gasteiger partial charge on any atom is -0.481 e. The van der Waals surface area contributed by atoms with Gasteiger partial charge in [0.15, 0.2) is 0 Å². The van der Waals surface area contributed by atoms with E-state index in [1.165, 1.54) is 18.2 Å². The molecule has 11 heteroatoms. The Labute approximate surface area is 195 Å². The molecule has 0 radical (unpaired) electrons. The van der Waals surface area contributed by atoms with E-state index in [4.69, 9.17) is 28.3 Å². The second-order valence-corrected chi connectivity index (χ2v) is 8.91. The average Bonchev–Trinajstić information content (AvgIpc) is 3.23. The van der Waals surface area contributed by atoms with Crippen LogP contribution >= 0.6 is 23.2 Å². The summed E-state index contributed by atoms with van der Waals surface area (Å²) >= 11 is 12.1. The molecular formula is C21H26Cl2N3O6+. The van der Waals surface area contributed by atoms with E-state index in [-0.39, 0.29) is 29.6 Å². The molecule has 174 valence electrons. The summed E-state index contributed by atoms with van der Waals surface area (Å²) in [6.07, 6.45) is 0.901. The number of carboxylic acid groups (broad SMARTS) is 1. The lowest BCUT2D eigenvalue weighted by Crippen LogP contribution is -2.66. The minimum absolute atomic E-state index is 0.0949. The van der Waals surface area contributed by atoms with Crippen molar-refractivity contribution in [1.82, 2.24) is 10.6 Å². The van der Waals surface area contributed by atoms with Crippen LogP contribution < -0.4 is 10.6 Å². The van der Waals surface area contributed by atoms with Crippen LogP contribution in [0.4, 0.5) is 4.79 Å². The predicted octanol–water partition coefficient (Wildman–Crippen LogP) is 2.64. The molecule has 1 saturated heterocycles. The summed E-state index contributed by atoms with van der Waals surface area (Å²) in [6.45, 7) is 3.82. The number of imide groups is 1. The normalized spacial score (nSPS) is 16.8. The van der Waals surface area contributed by atoms with Crippen LogP contribution in [0.3, 0.4) is 0 Å². The van der Waals surface area contributed by atoms with Gasteiger partial charge >= 0.3 is 17.9 Å². The molecule has 0 unspecified atom stereocenters. The number of quaternary nitrogens is 1. The van der Waals surface area contributed by atoms with Gasteiger partial charge in [-0.05, 0) is 24.1 Å². The van der Waals surface area contributed by atoms with Gasteiger partial charge in [0.25, 0.3) is 5.91 Å². The monoisotopic (exact) mass is 486 g/mol. The molecule has 1 heterocycles. The number of halogens is 2. The highest BCUT2D eigenvalue weighted by Crippen LogP contribution is 2.25. The van der Waals surface area contributed by atoms with E-state index in [1.54, 1.807) is 13.8 Å². The standard InChI is InChI=1S/C21H25Cl2N3O6/c1-12(2)18(25-19(30)15-9-13(22)5-6-16(15)23)20(31)26(7-3-4-8-26)21(32)24-14(11-27)10-17(28)29/h5-6,9,11-12,14,18H,3-4,7-8,10H2,1-2H3,(H2-,24,25,28,29,30,32)/p+1/t14-,18-/m0/s1. The lowest BCUT2D eigenvalue weighted by atomic mass is 10.0. The van der Waals surface area contributed by atoms with Crippen LogP contribution in [0.25, 0.3) is 0 Å². The molecule has 1 aliphatic heterocycles. The SMILES string of the molecule is CC(C)[C@H](NC(=O)c1cc(Cl)ccc1Cl)C(=O)[N+]1(C(=O)N[C@H](C=O)CC(=O)O)CCCC1. The van der Waals surface area contributed by atoms with Crippen LogP contribution in [-0.2, 0) is 14.4 Å². The third kappa shape index (κ3) is 5.85. The Morgan fingerprint density at radius 2 is 1.75 bits per heavy atom. The number of nitrogens with one attached hydrogen (secondary N) is 2. The van der Waals surface area contributed by atoms with Crippen molar-refractivity contribution in [3.63, 3.8) is 0 Å². The molecule has 2 rings (SSSR count). The Balaban J connectivity index is 2.30. The highest BCUT2D eigenvalue weighted by molar-refractivity contribution is 6.35. The second-order valence-electron chi connectivity index (χ2n) is 8.07. The summed E-state index contributed by atoms with van der Waals surface area (Å²) < 4.78 is -0.629. The number of benzene rings is 1. The molecule has 0 aliphatic carbocycles. The summed E-state index contributed by atoms with van der Waals surface area (Å²) in [4.78, 5) is 61.7. The Hall–Kier alpha value is -2.49. The van der Waals surface area contributed by atoms with Gasteiger partial charge in [-0.2, -0.15) is 4.48 Å². The summed E-state index contributed by atoms with van der Waals surface area (Å²) in [5.74, 6) is -2.78. The number of amides is 4. The number of hydrogen-bond acceptors (Lipinski definition) is 5. The van der Waals surface area contributed by atoms with Gasteiger partial charge in [0, 0.05) is 17.9 Å². The molecule has 1 aromatic rings. The summed E-state index contributed by atoms with van der Waals surface area (Å²) in [7, 11) is 0. The summed E-state index contributed by atoms with van der Waals surface area (Å²) in [5.41, 5.74) is 0.0949. The van der Waals surface area contributed by atoms with E-state index >= 15 is 0 Å². The van der Waals surface area contributed by atoms with Crippen LogP contribution in [0.15, 0.2) is 18.2 Å². The highest BCUT2D eigenvalue weighted by atomic mass is 35.5. The van der Waals surface area contributed by atoms with Crippen molar-refractivity contribution < 1.29 is 33.6 Å².